The normalized spacial score (nSPS) is 15.9. The standard InChI is InChI=1S/C53H48N8O7S4/c1-52(2,3)67-51(65)57-50-55-39(31-70-50)42(58-68-53(36-24-14-7-15-25-36,37-26-16-8-17-27-37)38-28-18-9-19-29-38)46(62)56-43-47(63)61-44(40(32-69-48(43)61)71-33-72-41-30-54-59-60(41)4)49(64)66-45(34-20-10-5-11-21-34)35-22-12-6-13-23-35/h5-31,43,45,48H,32-33H2,1-4H3,(H,56,62)(H,55,57,65)/b58-42-/t43-,48+/m1/s1. The summed E-state index contributed by atoms with van der Waals surface area (Å²) in [4.78, 5) is 70.7. The van der Waals surface area contributed by atoms with Crippen molar-refractivity contribution >= 4 is 81.3 Å². The first-order chi connectivity index (χ1) is 34.9. The van der Waals surface area contributed by atoms with Crippen LogP contribution in [0.2, 0.25) is 0 Å². The van der Waals surface area contributed by atoms with Crippen LogP contribution in [0, 0.1) is 0 Å². The highest BCUT2D eigenvalue weighted by Crippen LogP contribution is 2.46. The van der Waals surface area contributed by atoms with Gasteiger partial charge in [-0.15, -0.1) is 40.0 Å². The van der Waals surface area contributed by atoms with Crippen LogP contribution in [-0.4, -0.2) is 82.3 Å². The molecule has 0 radical (unpaired) electrons. The molecular formula is C53H48N8O7S4. The lowest BCUT2D eigenvalue weighted by molar-refractivity contribution is -0.154. The van der Waals surface area contributed by atoms with Gasteiger partial charge in [0, 0.05) is 44.9 Å². The topological polar surface area (TPSA) is 179 Å². The SMILES string of the molecule is Cn1nncc1SCSC1=C(C(=O)OC(c2ccccc2)c2ccccc2)N2C(=O)[C@@H](NC(=O)/C(=N\OC(c3ccccc3)(c3ccccc3)c3ccccc3)c3csc(NC(=O)OC(C)(C)C)n3)[C@@H]2SC1. The lowest BCUT2D eigenvalue weighted by Crippen LogP contribution is -2.71. The van der Waals surface area contributed by atoms with Gasteiger partial charge in [-0.25, -0.2) is 19.3 Å². The number of amides is 3. The summed E-state index contributed by atoms with van der Waals surface area (Å²) < 4.78 is 13.5. The van der Waals surface area contributed by atoms with Crippen molar-refractivity contribution in [3.05, 3.63) is 207 Å². The number of rotatable bonds is 17. The predicted molar refractivity (Wildman–Crippen MR) is 281 cm³/mol. The Kier molecular flexibility index (Phi) is 15.3. The summed E-state index contributed by atoms with van der Waals surface area (Å²) in [7, 11) is 1.80. The van der Waals surface area contributed by atoms with E-state index in [1.807, 2.05) is 152 Å². The number of esters is 1. The first-order valence-corrected chi connectivity index (χ1v) is 26.6. The maximum absolute atomic E-state index is 15.0. The van der Waals surface area contributed by atoms with Gasteiger partial charge >= 0.3 is 12.1 Å². The quantitative estimate of drug-likeness (QED) is 0.0168. The Morgan fingerprint density at radius 2 is 1.36 bits per heavy atom. The van der Waals surface area contributed by atoms with Gasteiger partial charge < -0.3 is 19.6 Å². The van der Waals surface area contributed by atoms with Crippen LogP contribution in [0.1, 0.15) is 60.4 Å². The molecule has 1 saturated heterocycles. The maximum Gasteiger partial charge on any atom is 0.413 e. The van der Waals surface area contributed by atoms with Gasteiger partial charge in [-0.1, -0.05) is 174 Å². The second kappa shape index (κ2) is 22.1. The van der Waals surface area contributed by atoms with Crippen molar-refractivity contribution in [2.75, 3.05) is 16.2 Å². The Labute approximate surface area is 432 Å². The number of carbonyl (C=O) groups is 4. The van der Waals surface area contributed by atoms with Gasteiger partial charge in [0.15, 0.2) is 16.9 Å². The zero-order chi connectivity index (χ0) is 50.2. The van der Waals surface area contributed by atoms with Gasteiger partial charge in [-0.2, -0.15) is 0 Å². The van der Waals surface area contributed by atoms with E-state index in [9.17, 15) is 19.2 Å². The fourth-order valence-electron chi connectivity index (χ4n) is 8.05. The molecule has 4 heterocycles. The molecule has 1 fully saturated rings. The minimum atomic E-state index is -1.39. The van der Waals surface area contributed by atoms with E-state index in [1.54, 1.807) is 44.1 Å². The van der Waals surface area contributed by atoms with Crippen molar-refractivity contribution in [3.8, 4) is 0 Å². The summed E-state index contributed by atoms with van der Waals surface area (Å²) in [6.07, 6.45) is 0.142. The number of carbonyl (C=O) groups excluding carboxylic acids is 4. The smallest absolute Gasteiger partial charge is 0.413 e. The number of nitrogens with zero attached hydrogens (tertiary/aromatic N) is 6. The Bertz CT molecular complexity index is 2960. The van der Waals surface area contributed by atoms with Crippen molar-refractivity contribution in [2.45, 2.75) is 54.5 Å². The molecule has 0 aliphatic carbocycles. The molecule has 19 heteroatoms. The molecular weight excluding hydrogens is 989 g/mol. The Hall–Kier alpha value is -7.19. The summed E-state index contributed by atoms with van der Waals surface area (Å²) in [5, 5.41) is 20.5. The molecule has 9 rings (SSSR count). The number of ether oxygens (including phenoxy) is 2. The van der Waals surface area contributed by atoms with E-state index in [-0.39, 0.29) is 22.2 Å². The number of benzene rings is 5. The molecule has 3 amide bonds. The third-order valence-corrected chi connectivity index (χ3v) is 15.9. The molecule has 2 aliphatic heterocycles. The second-order valence-electron chi connectivity index (χ2n) is 17.3. The van der Waals surface area contributed by atoms with E-state index in [4.69, 9.17) is 14.3 Å². The fraction of sp³-hybridized carbons (Fsp3) is 0.208. The molecule has 0 spiro atoms. The first-order valence-electron chi connectivity index (χ1n) is 22.7. The average molecular weight is 1040 g/mol. The van der Waals surface area contributed by atoms with E-state index in [0.717, 1.165) is 44.2 Å². The molecule has 2 N–H and O–H groups in total. The van der Waals surface area contributed by atoms with Crippen LogP contribution in [0.5, 0.6) is 0 Å². The highest BCUT2D eigenvalue weighted by molar-refractivity contribution is 8.18. The molecule has 7 aromatic rings. The number of hydrogen-bond donors (Lipinski definition) is 2. The van der Waals surface area contributed by atoms with Crippen molar-refractivity contribution < 1.29 is 33.5 Å². The van der Waals surface area contributed by atoms with E-state index >= 15 is 0 Å². The Morgan fingerprint density at radius 3 is 1.89 bits per heavy atom. The summed E-state index contributed by atoms with van der Waals surface area (Å²) in [5.41, 5.74) is 1.38. The van der Waals surface area contributed by atoms with Crippen LogP contribution in [-0.2, 0) is 41.3 Å². The van der Waals surface area contributed by atoms with Crippen molar-refractivity contribution in [2.24, 2.45) is 12.2 Å². The van der Waals surface area contributed by atoms with Crippen LogP contribution < -0.4 is 10.6 Å². The molecule has 72 heavy (non-hydrogen) atoms. The number of thioether (sulfide) groups is 3. The minimum Gasteiger partial charge on any atom is -0.448 e. The minimum absolute atomic E-state index is 0.0587. The van der Waals surface area contributed by atoms with Gasteiger partial charge in [-0.05, 0) is 31.9 Å². The van der Waals surface area contributed by atoms with Crippen LogP contribution in [0.3, 0.4) is 0 Å². The largest absolute Gasteiger partial charge is 0.448 e. The molecule has 5 aromatic carbocycles. The number of fused-ring (bicyclic) bond motifs is 1. The molecule has 15 nitrogen and oxygen atoms in total. The summed E-state index contributed by atoms with van der Waals surface area (Å²) in [5.74, 6) is -1.66. The lowest BCUT2D eigenvalue weighted by Gasteiger charge is -2.49. The van der Waals surface area contributed by atoms with E-state index < -0.39 is 52.6 Å². The van der Waals surface area contributed by atoms with Gasteiger partial charge in [0.25, 0.3) is 11.8 Å². The third kappa shape index (κ3) is 11.0. The lowest BCUT2D eigenvalue weighted by atomic mass is 9.80. The van der Waals surface area contributed by atoms with Crippen molar-refractivity contribution in [1.29, 1.82) is 0 Å². The summed E-state index contributed by atoms with van der Waals surface area (Å²) >= 11 is 5.38. The molecule has 0 bridgehead atoms. The average Bonchev–Trinajstić information content (AvgIpc) is 4.04. The van der Waals surface area contributed by atoms with Crippen LogP contribution >= 0.6 is 46.6 Å². The van der Waals surface area contributed by atoms with Crippen LogP contribution in [0.25, 0.3) is 0 Å². The monoisotopic (exact) mass is 1040 g/mol. The van der Waals surface area contributed by atoms with Gasteiger partial charge in [0.05, 0.1) is 6.20 Å². The third-order valence-electron chi connectivity index (χ3n) is 11.3. The van der Waals surface area contributed by atoms with Gasteiger partial charge in [-0.3, -0.25) is 19.8 Å². The zero-order valence-corrected chi connectivity index (χ0v) is 42.7. The molecule has 2 aliphatic rings. The number of anilines is 1. The molecule has 2 atom stereocenters. The highest BCUT2D eigenvalue weighted by Gasteiger charge is 2.55. The highest BCUT2D eigenvalue weighted by atomic mass is 32.2. The summed E-state index contributed by atoms with van der Waals surface area (Å²) in [6.45, 7) is 5.23. The molecule has 366 valence electrons. The number of thiazole rings is 1. The van der Waals surface area contributed by atoms with Crippen molar-refractivity contribution in [3.63, 3.8) is 0 Å². The zero-order valence-electron chi connectivity index (χ0n) is 39.4. The van der Waals surface area contributed by atoms with Crippen LogP contribution in [0.4, 0.5) is 9.93 Å². The van der Waals surface area contributed by atoms with Crippen molar-refractivity contribution in [1.82, 2.24) is 30.2 Å². The first kappa shape index (κ1) is 49.8. The van der Waals surface area contributed by atoms with E-state index in [2.05, 4.69) is 31.1 Å². The number of hydrogen-bond acceptors (Lipinski definition) is 15. The number of aromatic nitrogens is 4. The van der Waals surface area contributed by atoms with Gasteiger partial charge in [0.2, 0.25) is 5.60 Å². The van der Waals surface area contributed by atoms with E-state index in [0.29, 0.717) is 15.7 Å². The predicted octanol–water partition coefficient (Wildman–Crippen LogP) is 9.76. The molecule has 2 aromatic heterocycles. The summed E-state index contributed by atoms with van der Waals surface area (Å²) in [6, 6.07) is 46.3. The number of oxime groups is 1. The number of aryl methyl sites for hydroxylation is 1. The molecule has 0 unspecified atom stereocenters. The maximum atomic E-state index is 15.0. The van der Waals surface area contributed by atoms with Crippen LogP contribution in [0.15, 0.2) is 184 Å². The fourth-order valence-corrected chi connectivity index (χ4v) is 12.4. The molecule has 0 saturated carbocycles. The Morgan fingerprint density at radius 1 is 0.806 bits per heavy atom. The van der Waals surface area contributed by atoms with E-state index in [1.165, 1.54) is 40.2 Å². The van der Waals surface area contributed by atoms with Gasteiger partial charge in [0.1, 0.15) is 33.4 Å². The number of nitrogens with one attached hydrogen (secondary N) is 2. The number of β-lactam (4-membered cyclic amide) rings is 1. The second-order valence-corrected chi connectivity index (χ2v) is 21.7. The Balaban J connectivity index is 1.06.